The molecule has 0 N–H and O–H groups in total. The van der Waals surface area contributed by atoms with E-state index >= 15 is 0 Å². The van der Waals surface area contributed by atoms with Crippen molar-refractivity contribution in [1.29, 1.82) is 0 Å². The number of benzene rings is 1. The van der Waals surface area contributed by atoms with E-state index in [0.717, 1.165) is 5.69 Å². The Bertz CT molecular complexity index is 1090. The fourth-order valence-corrected chi connectivity index (χ4v) is 4.26. The van der Waals surface area contributed by atoms with Crippen LogP contribution in [0.1, 0.15) is 13.8 Å². The molecule has 0 aliphatic heterocycles. The smallest absolute Gasteiger partial charge is 0.265 e. The maximum Gasteiger partial charge on any atom is 0.265 e. The number of ether oxygens (including phenoxy) is 1. The number of rotatable bonds is 8. The summed E-state index contributed by atoms with van der Waals surface area (Å²) in [7, 11) is -3.73. The fourth-order valence-electron chi connectivity index (χ4n) is 2.78. The number of hydrogen-bond donors (Lipinski definition) is 0. The van der Waals surface area contributed by atoms with Crippen LogP contribution in [-0.4, -0.2) is 33.8 Å². The molecule has 150 valence electrons. The van der Waals surface area contributed by atoms with Crippen molar-refractivity contribution < 1.29 is 13.2 Å². The van der Waals surface area contributed by atoms with Gasteiger partial charge in [-0.15, -0.1) is 0 Å². The standard InChI is InChI=1S/C21H22N4O3S/c1-4-17(5-2)25(6-3)29(26,27)20-11-12-21(23-15-20)28-19-9-7-18(8-10-19)24-14-13-22-16-24/h4-5,7-16H,1,6H2,2-3H3/b17-5+. The van der Waals surface area contributed by atoms with Crippen molar-refractivity contribution in [3.8, 4) is 17.3 Å². The van der Waals surface area contributed by atoms with Crippen LogP contribution < -0.4 is 4.74 Å². The number of imidazole rings is 1. The summed E-state index contributed by atoms with van der Waals surface area (Å²) in [5, 5.41) is 0. The third-order valence-electron chi connectivity index (χ3n) is 4.24. The van der Waals surface area contributed by atoms with E-state index in [9.17, 15) is 8.42 Å². The van der Waals surface area contributed by atoms with Crippen molar-refractivity contribution in [1.82, 2.24) is 18.8 Å². The highest BCUT2D eigenvalue weighted by atomic mass is 32.2. The number of pyridine rings is 1. The second-order valence-corrected chi connectivity index (χ2v) is 7.85. The molecular weight excluding hydrogens is 388 g/mol. The van der Waals surface area contributed by atoms with Gasteiger partial charge in [-0.05, 0) is 50.3 Å². The van der Waals surface area contributed by atoms with E-state index in [1.807, 2.05) is 35.0 Å². The maximum atomic E-state index is 12.9. The van der Waals surface area contributed by atoms with Crippen molar-refractivity contribution >= 4 is 10.0 Å². The first kappa shape index (κ1) is 20.3. The molecule has 1 aromatic carbocycles. The molecular formula is C21H22N4O3S. The average molecular weight is 410 g/mol. The zero-order valence-electron chi connectivity index (χ0n) is 16.3. The van der Waals surface area contributed by atoms with Gasteiger partial charge in [-0.2, -0.15) is 0 Å². The predicted molar refractivity (Wildman–Crippen MR) is 111 cm³/mol. The molecule has 0 saturated heterocycles. The van der Waals surface area contributed by atoms with Crippen LogP contribution >= 0.6 is 0 Å². The highest BCUT2D eigenvalue weighted by molar-refractivity contribution is 7.89. The van der Waals surface area contributed by atoms with Gasteiger partial charge in [0.1, 0.15) is 10.6 Å². The first-order valence-electron chi connectivity index (χ1n) is 9.03. The largest absolute Gasteiger partial charge is 0.439 e. The lowest BCUT2D eigenvalue weighted by Gasteiger charge is -2.23. The molecule has 0 atom stereocenters. The summed E-state index contributed by atoms with van der Waals surface area (Å²) < 4.78 is 34.7. The Morgan fingerprint density at radius 2 is 2.00 bits per heavy atom. The van der Waals surface area contributed by atoms with Crippen LogP contribution in [0.15, 0.2) is 90.6 Å². The van der Waals surface area contributed by atoms with Crippen LogP contribution in [0.5, 0.6) is 11.6 Å². The lowest BCUT2D eigenvalue weighted by atomic mass is 10.3. The van der Waals surface area contributed by atoms with E-state index < -0.39 is 10.0 Å². The first-order chi connectivity index (χ1) is 14.0. The number of nitrogens with zero attached hydrogens (tertiary/aromatic N) is 4. The normalized spacial score (nSPS) is 11.9. The Hall–Kier alpha value is -3.39. The highest BCUT2D eigenvalue weighted by Gasteiger charge is 2.24. The van der Waals surface area contributed by atoms with Crippen LogP contribution in [0.3, 0.4) is 0 Å². The SMILES string of the molecule is C=C/C(=C\C)N(CC)S(=O)(=O)c1ccc(Oc2ccc(-n3ccnc3)cc2)nc1. The van der Waals surface area contributed by atoms with Crippen LogP contribution in [0.4, 0.5) is 0 Å². The number of hydrogen-bond acceptors (Lipinski definition) is 5. The van der Waals surface area contributed by atoms with Gasteiger partial charge in [0, 0.05) is 36.4 Å². The predicted octanol–water partition coefficient (Wildman–Crippen LogP) is 4.16. The molecule has 2 aromatic heterocycles. The molecule has 2 heterocycles. The maximum absolute atomic E-state index is 12.9. The molecule has 7 nitrogen and oxygen atoms in total. The Morgan fingerprint density at radius 1 is 1.24 bits per heavy atom. The van der Waals surface area contributed by atoms with Gasteiger partial charge in [-0.25, -0.2) is 18.4 Å². The molecule has 8 heteroatoms. The van der Waals surface area contributed by atoms with E-state index in [2.05, 4.69) is 16.5 Å². The van der Waals surface area contributed by atoms with Crippen LogP contribution in [0.2, 0.25) is 0 Å². The summed E-state index contributed by atoms with van der Waals surface area (Å²) in [6.07, 6.45) is 9.77. The third-order valence-corrected chi connectivity index (χ3v) is 6.13. The second kappa shape index (κ2) is 8.74. The molecule has 0 amide bonds. The minimum atomic E-state index is -3.73. The molecule has 3 rings (SSSR count). The summed E-state index contributed by atoms with van der Waals surface area (Å²) in [6.45, 7) is 7.50. The Morgan fingerprint density at radius 3 is 2.52 bits per heavy atom. The molecule has 0 saturated carbocycles. The molecule has 0 aliphatic rings. The Labute approximate surface area is 170 Å². The van der Waals surface area contributed by atoms with Gasteiger partial charge in [0.05, 0.1) is 12.5 Å². The summed E-state index contributed by atoms with van der Waals surface area (Å²) in [4.78, 5) is 8.26. The van der Waals surface area contributed by atoms with Crippen LogP contribution in [-0.2, 0) is 10.0 Å². The van der Waals surface area contributed by atoms with Gasteiger partial charge in [0.2, 0.25) is 5.88 Å². The summed E-state index contributed by atoms with van der Waals surface area (Å²) in [5.41, 5.74) is 1.47. The van der Waals surface area contributed by atoms with Crippen LogP contribution in [0.25, 0.3) is 5.69 Å². The number of aromatic nitrogens is 3. The molecule has 0 unspecified atom stereocenters. The van der Waals surface area contributed by atoms with Crippen molar-refractivity contribution in [2.75, 3.05) is 6.54 Å². The van der Waals surface area contributed by atoms with Gasteiger partial charge < -0.3 is 9.30 Å². The average Bonchev–Trinajstić information content (AvgIpc) is 3.27. The molecule has 0 spiro atoms. The van der Waals surface area contributed by atoms with Gasteiger partial charge in [0.25, 0.3) is 10.0 Å². The molecule has 0 aliphatic carbocycles. The number of sulfonamides is 1. The van der Waals surface area contributed by atoms with E-state index in [-0.39, 0.29) is 11.4 Å². The lowest BCUT2D eigenvalue weighted by molar-refractivity contribution is 0.461. The van der Waals surface area contributed by atoms with Crippen molar-refractivity contribution in [2.45, 2.75) is 18.7 Å². The van der Waals surface area contributed by atoms with Gasteiger partial charge >= 0.3 is 0 Å². The second-order valence-electron chi connectivity index (χ2n) is 5.99. The van der Waals surface area contributed by atoms with Crippen molar-refractivity contribution in [2.24, 2.45) is 0 Å². The van der Waals surface area contributed by atoms with E-state index in [0.29, 0.717) is 17.3 Å². The quantitative estimate of drug-likeness (QED) is 0.521. The van der Waals surface area contributed by atoms with E-state index in [1.54, 1.807) is 32.4 Å². The zero-order valence-corrected chi connectivity index (χ0v) is 17.1. The summed E-state index contributed by atoms with van der Waals surface area (Å²) in [6, 6.07) is 10.4. The minimum Gasteiger partial charge on any atom is -0.439 e. The topological polar surface area (TPSA) is 77.3 Å². The minimum absolute atomic E-state index is 0.0864. The monoisotopic (exact) mass is 410 g/mol. The van der Waals surface area contributed by atoms with Gasteiger partial charge in [-0.1, -0.05) is 12.7 Å². The van der Waals surface area contributed by atoms with Gasteiger partial charge in [-0.3, -0.25) is 4.31 Å². The van der Waals surface area contributed by atoms with Crippen LogP contribution in [0, 0.1) is 0 Å². The number of allylic oxidation sites excluding steroid dienone is 2. The molecule has 0 radical (unpaired) electrons. The summed E-state index contributed by atoms with van der Waals surface area (Å²) in [5.74, 6) is 0.896. The first-order valence-corrected chi connectivity index (χ1v) is 10.5. The van der Waals surface area contributed by atoms with E-state index in [4.69, 9.17) is 4.74 Å². The van der Waals surface area contributed by atoms with Crippen molar-refractivity contribution in [3.05, 3.63) is 85.7 Å². The highest BCUT2D eigenvalue weighted by Crippen LogP contribution is 2.24. The molecule has 3 aromatic rings. The number of likely N-dealkylation sites (N-methyl/N-ethyl adjacent to an activating group) is 1. The van der Waals surface area contributed by atoms with E-state index in [1.165, 1.54) is 28.7 Å². The fraction of sp³-hybridized carbons (Fsp3) is 0.143. The molecule has 29 heavy (non-hydrogen) atoms. The Kier molecular flexibility index (Phi) is 6.13. The summed E-state index contributed by atoms with van der Waals surface area (Å²) >= 11 is 0. The molecule has 0 bridgehead atoms. The third kappa shape index (κ3) is 4.38. The Balaban J connectivity index is 1.77. The van der Waals surface area contributed by atoms with Crippen molar-refractivity contribution in [3.63, 3.8) is 0 Å². The lowest BCUT2D eigenvalue weighted by Crippen LogP contribution is -2.29. The zero-order chi connectivity index (χ0) is 20.9. The van der Waals surface area contributed by atoms with Gasteiger partial charge in [0.15, 0.2) is 0 Å². The molecule has 0 fully saturated rings.